The summed E-state index contributed by atoms with van der Waals surface area (Å²) < 4.78 is 4.87. The summed E-state index contributed by atoms with van der Waals surface area (Å²) in [5, 5.41) is 3.36. The van der Waals surface area contributed by atoms with Crippen molar-refractivity contribution in [3.05, 3.63) is 12.2 Å². The molecule has 0 spiro atoms. The highest BCUT2D eigenvalue weighted by Gasteiger charge is 2.37. The molecule has 0 atom stereocenters. The molecule has 3 heteroatoms. The predicted molar refractivity (Wildman–Crippen MR) is 60.6 cm³/mol. The molecule has 0 aromatic heterocycles. The van der Waals surface area contributed by atoms with Crippen molar-refractivity contribution in [2.45, 2.75) is 39.2 Å². The molecule has 1 rings (SSSR count). The van der Waals surface area contributed by atoms with Crippen molar-refractivity contribution in [1.82, 2.24) is 5.32 Å². The Labute approximate surface area is 91.9 Å². The van der Waals surface area contributed by atoms with E-state index in [9.17, 15) is 4.79 Å². The highest BCUT2D eigenvalue weighted by atomic mass is 16.5. The maximum absolute atomic E-state index is 11.3. The minimum absolute atomic E-state index is 0.107. The summed E-state index contributed by atoms with van der Waals surface area (Å²) in [5.41, 5.74) is 0.612. The van der Waals surface area contributed by atoms with Gasteiger partial charge in [-0.05, 0) is 39.5 Å². The van der Waals surface area contributed by atoms with Crippen LogP contribution in [-0.2, 0) is 9.53 Å². The molecule has 1 aliphatic carbocycles. The van der Waals surface area contributed by atoms with Crippen molar-refractivity contribution in [2.75, 3.05) is 13.2 Å². The van der Waals surface area contributed by atoms with Crippen molar-refractivity contribution in [3.8, 4) is 0 Å². The van der Waals surface area contributed by atoms with E-state index >= 15 is 0 Å². The molecule has 86 valence electrons. The van der Waals surface area contributed by atoms with Crippen LogP contribution in [0.3, 0.4) is 0 Å². The fourth-order valence-corrected chi connectivity index (χ4v) is 1.59. The monoisotopic (exact) mass is 211 g/mol. The molecule has 0 aromatic rings. The molecule has 0 aromatic carbocycles. The molecule has 15 heavy (non-hydrogen) atoms. The van der Waals surface area contributed by atoms with Crippen molar-refractivity contribution in [1.29, 1.82) is 0 Å². The summed E-state index contributed by atoms with van der Waals surface area (Å²) in [6.45, 7) is 10.8. The van der Waals surface area contributed by atoms with Crippen LogP contribution in [0.4, 0.5) is 0 Å². The van der Waals surface area contributed by atoms with Crippen LogP contribution >= 0.6 is 0 Å². The molecule has 0 radical (unpaired) electrons. The van der Waals surface area contributed by atoms with Crippen molar-refractivity contribution < 1.29 is 9.53 Å². The van der Waals surface area contributed by atoms with Gasteiger partial charge in [-0.25, -0.2) is 4.79 Å². The van der Waals surface area contributed by atoms with E-state index in [4.69, 9.17) is 4.74 Å². The van der Waals surface area contributed by atoms with Gasteiger partial charge in [0.1, 0.15) is 0 Å². The summed E-state index contributed by atoms with van der Waals surface area (Å²) in [5.74, 6) is 0.448. The highest BCUT2D eigenvalue weighted by Crippen LogP contribution is 2.39. The van der Waals surface area contributed by atoms with Gasteiger partial charge in [0.2, 0.25) is 0 Å². The van der Waals surface area contributed by atoms with E-state index in [2.05, 4.69) is 25.7 Å². The molecule has 0 aliphatic heterocycles. The Kier molecular flexibility index (Phi) is 3.91. The topological polar surface area (TPSA) is 38.3 Å². The van der Waals surface area contributed by atoms with Gasteiger partial charge >= 0.3 is 5.97 Å². The van der Waals surface area contributed by atoms with Gasteiger partial charge in [0, 0.05) is 17.7 Å². The van der Waals surface area contributed by atoms with E-state index in [1.54, 1.807) is 6.92 Å². The van der Waals surface area contributed by atoms with Crippen molar-refractivity contribution in [2.24, 2.45) is 5.92 Å². The van der Waals surface area contributed by atoms with Gasteiger partial charge in [0.15, 0.2) is 0 Å². The molecule has 0 amide bonds. The average molecular weight is 211 g/mol. The molecule has 3 nitrogen and oxygen atoms in total. The second-order valence-electron chi connectivity index (χ2n) is 4.67. The van der Waals surface area contributed by atoms with Crippen molar-refractivity contribution in [3.63, 3.8) is 0 Å². The normalized spacial score (nSPS) is 16.2. The zero-order valence-corrected chi connectivity index (χ0v) is 9.93. The SMILES string of the molecule is C=C(CNC(C)(C)C1CC1)C(=O)OCC. The molecule has 0 saturated heterocycles. The van der Waals surface area contributed by atoms with Gasteiger partial charge in [-0.15, -0.1) is 0 Å². The van der Waals surface area contributed by atoms with E-state index in [1.807, 2.05) is 0 Å². The third kappa shape index (κ3) is 3.67. The van der Waals surface area contributed by atoms with E-state index in [1.165, 1.54) is 12.8 Å². The zero-order valence-electron chi connectivity index (χ0n) is 9.93. The number of hydrogen-bond acceptors (Lipinski definition) is 3. The summed E-state index contributed by atoms with van der Waals surface area (Å²) >= 11 is 0. The highest BCUT2D eigenvalue weighted by molar-refractivity contribution is 5.88. The molecule has 1 N–H and O–H groups in total. The van der Waals surface area contributed by atoms with Crippen LogP contribution in [-0.4, -0.2) is 24.7 Å². The first-order chi connectivity index (χ1) is 6.97. The van der Waals surface area contributed by atoms with Gasteiger partial charge < -0.3 is 10.1 Å². The summed E-state index contributed by atoms with van der Waals surface area (Å²) in [4.78, 5) is 11.3. The maximum Gasteiger partial charge on any atom is 0.334 e. The van der Waals surface area contributed by atoms with Gasteiger partial charge in [-0.2, -0.15) is 0 Å². The Bertz CT molecular complexity index is 254. The number of carbonyl (C=O) groups excluding carboxylic acids is 1. The molecule has 0 heterocycles. The second kappa shape index (κ2) is 4.79. The minimum Gasteiger partial charge on any atom is -0.463 e. The lowest BCUT2D eigenvalue weighted by molar-refractivity contribution is -0.138. The fraction of sp³-hybridized carbons (Fsp3) is 0.750. The Morgan fingerprint density at radius 3 is 2.60 bits per heavy atom. The maximum atomic E-state index is 11.3. The van der Waals surface area contributed by atoms with E-state index in [0.717, 1.165) is 5.92 Å². The van der Waals surface area contributed by atoms with Gasteiger partial charge in [-0.1, -0.05) is 6.58 Å². The Morgan fingerprint density at radius 2 is 2.13 bits per heavy atom. The number of esters is 1. The Hall–Kier alpha value is -0.830. The lowest BCUT2D eigenvalue weighted by Crippen LogP contribution is -2.43. The molecule has 0 bridgehead atoms. The van der Waals surface area contributed by atoms with Crippen LogP contribution in [0.15, 0.2) is 12.2 Å². The summed E-state index contributed by atoms with van der Waals surface area (Å²) in [6, 6.07) is 0. The van der Waals surface area contributed by atoms with E-state index < -0.39 is 0 Å². The minimum atomic E-state index is -0.295. The van der Waals surface area contributed by atoms with Gasteiger partial charge in [-0.3, -0.25) is 0 Å². The standard InChI is InChI=1S/C12H21NO2/c1-5-15-11(14)9(2)8-13-12(3,4)10-6-7-10/h10,13H,2,5-8H2,1,3-4H3. The van der Waals surface area contributed by atoms with Crippen LogP contribution in [0.2, 0.25) is 0 Å². The number of hydrogen-bond donors (Lipinski definition) is 1. The lowest BCUT2D eigenvalue weighted by atomic mass is 9.98. The average Bonchev–Trinajstić information content (AvgIpc) is 2.97. The van der Waals surface area contributed by atoms with Crippen LogP contribution in [0.5, 0.6) is 0 Å². The molecular weight excluding hydrogens is 190 g/mol. The molecule has 1 aliphatic rings. The first-order valence-corrected chi connectivity index (χ1v) is 5.57. The van der Waals surface area contributed by atoms with Crippen LogP contribution in [0.25, 0.3) is 0 Å². The summed E-state index contributed by atoms with van der Waals surface area (Å²) in [6.07, 6.45) is 2.57. The van der Waals surface area contributed by atoms with Crippen LogP contribution < -0.4 is 5.32 Å². The molecular formula is C12H21NO2. The number of nitrogens with one attached hydrogen (secondary N) is 1. The van der Waals surface area contributed by atoms with E-state index in [-0.39, 0.29) is 11.5 Å². The van der Waals surface area contributed by atoms with E-state index in [0.29, 0.717) is 18.7 Å². The van der Waals surface area contributed by atoms with Gasteiger partial charge in [0.25, 0.3) is 0 Å². The second-order valence-corrected chi connectivity index (χ2v) is 4.67. The predicted octanol–water partition coefficient (Wildman–Crippen LogP) is 1.88. The first kappa shape index (κ1) is 12.2. The molecule has 0 unspecified atom stereocenters. The number of rotatable bonds is 6. The number of carbonyl (C=O) groups is 1. The first-order valence-electron chi connectivity index (χ1n) is 5.57. The quantitative estimate of drug-likeness (QED) is 0.538. The Balaban J connectivity index is 2.29. The third-order valence-corrected chi connectivity index (χ3v) is 2.92. The summed E-state index contributed by atoms with van der Waals surface area (Å²) in [7, 11) is 0. The smallest absolute Gasteiger partial charge is 0.334 e. The van der Waals surface area contributed by atoms with Crippen molar-refractivity contribution >= 4 is 5.97 Å². The van der Waals surface area contributed by atoms with Crippen LogP contribution in [0, 0.1) is 5.92 Å². The van der Waals surface area contributed by atoms with Crippen LogP contribution in [0.1, 0.15) is 33.6 Å². The molecule has 1 fully saturated rings. The molecule has 1 saturated carbocycles. The zero-order chi connectivity index (χ0) is 11.5. The fourth-order valence-electron chi connectivity index (χ4n) is 1.59. The number of ether oxygens (including phenoxy) is 1. The Morgan fingerprint density at radius 1 is 1.53 bits per heavy atom. The van der Waals surface area contributed by atoms with Gasteiger partial charge in [0.05, 0.1) is 6.61 Å². The third-order valence-electron chi connectivity index (χ3n) is 2.92. The largest absolute Gasteiger partial charge is 0.463 e. The lowest BCUT2D eigenvalue weighted by Gasteiger charge is -2.26.